The van der Waals surface area contributed by atoms with Gasteiger partial charge in [0.25, 0.3) is 5.69 Å². The summed E-state index contributed by atoms with van der Waals surface area (Å²) in [6.45, 7) is 0. The van der Waals surface area contributed by atoms with E-state index in [9.17, 15) is 20.0 Å². The number of hydrogen-bond acceptors (Lipinski definition) is 7. The van der Waals surface area contributed by atoms with Crippen molar-refractivity contribution in [1.29, 1.82) is 0 Å². The summed E-state index contributed by atoms with van der Waals surface area (Å²) in [5, 5.41) is 21.7. The summed E-state index contributed by atoms with van der Waals surface area (Å²) in [6.07, 6.45) is 3.60. The van der Waals surface area contributed by atoms with Crippen LogP contribution in [-0.4, -0.2) is 21.3 Å². The molecule has 144 valence electrons. The van der Waals surface area contributed by atoms with Crippen molar-refractivity contribution in [3.63, 3.8) is 0 Å². The topological polar surface area (TPSA) is 106 Å². The minimum absolute atomic E-state index is 0.0624. The molecule has 7 nitrogen and oxygen atoms in total. The van der Waals surface area contributed by atoms with Gasteiger partial charge in [0, 0.05) is 28.8 Å². The lowest BCUT2D eigenvalue weighted by Crippen LogP contribution is -2.05. The molecule has 8 heteroatoms. The zero-order valence-electron chi connectivity index (χ0n) is 15.2. The molecule has 2 aromatic heterocycles. The largest absolute Gasteiger partial charge is 0.506 e. The van der Waals surface area contributed by atoms with Crippen molar-refractivity contribution >= 4 is 28.4 Å². The second kappa shape index (κ2) is 7.40. The van der Waals surface area contributed by atoms with Crippen molar-refractivity contribution < 1.29 is 14.4 Å². The molecule has 29 heavy (non-hydrogen) atoms. The molecule has 0 saturated carbocycles. The predicted molar refractivity (Wildman–Crippen MR) is 111 cm³/mol. The van der Waals surface area contributed by atoms with E-state index in [-0.39, 0.29) is 27.9 Å². The number of benzene rings is 2. The molecule has 0 atom stereocenters. The maximum absolute atomic E-state index is 12.4. The lowest BCUT2D eigenvalue weighted by atomic mass is 10.1. The average Bonchev–Trinajstić information content (AvgIpc) is 2.74. The van der Waals surface area contributed by atoms with Crippen molar-refractivity contribution in [3.8, 4) is 28.1 Å². The number of non-ortho nitro benzene ring substituents is 1. The third kappa shape index (κ3) is 3.45. The number of nitrogens with zero attached hydrogens (tertiary/aromatic N) is 2. The molecule has 0 fully saturated rings. The van der Waals surface area contributed by atoms with Gasteiger partial charge in [0.1, 0.15) is 16.9 Å². The van der Waals surface area contributed by atoms with Gasteiger partial charge in [-0.2, -0.15) is 0 Å². The summed E-state index contributed by atoms with van der Waals surface area (Å²) in [4.78, 5) is 28.3. The molecular weight excluding hydrogens is 392 g/mol. The average molecular weight is 406 g/mol. The van der Waals surface area contributed by atoms with Gasteiger partial charge in [0.15, 0.2) is 0 Å². The van der Waals surface area contributed by atoms with Crippen molar-refractivity contribution in [2.45, 2.75) is 4.90 Å². The van der Waals surface area contributed by atoms with Crippen LogP contribution in [0.25, 0.3) is 33.4 Å². The van der Waals surface area contributed by atoms with Gasteiger partial charge in [-0.05, 0) is 36.1 Å². The number of thioether (sulfide) groups is 1. The van der Waals surface area contributed by atoms with E-state index in [2.05, 4.69) is 4.98 Å². The van der Waals surface area contributed by atoms with Crippen LogP contribution in [0.3, 0.4) is 0 Å². The van der Waals surface area contributed by atoms with Gasteiger partial charge < -0.3 is 9.52 Å². The Hall–Kier alpha value is -3.65. The molecule has 0 aliphatic carbocycles. The van der Waals surface area contributed by atoms with E-state index in [0.29, 0.717) is 0 Å². The molecule has 1 N–H and O–H groups in total. The molecule has 0 bridgehead atoms. The predicted octanol–water partition coefficient (Wildman–Crippen LogP) is 4.86. The van der Waals surface area contributed by atoms with Gasteiger partial charge in [-0.3, -0.25) is 15.1 Å². The molecule has 0 radical (unpaired) electrons. The fraction of sp³-hybridized carbons (Fsp3) is 0.0476. The maximum Gasteiger partial charge on any atom is 0.349 e. The van der Waals surface area contributed by atoms with Crippen molar-refractivity contribution in [1.82, 2.24) is 4.98 Å². The van der Waals surface area contributed by atoms with Crippen LogP contribution >= 0.6 is 11.8 Å². The van der Waals surface area contributed by atoms with E-state index >= 15 is 0 Å². The molecule has 0 aliphatic heterocycles. The van der Waals surface area contributed by atoms with Gasteiger partial charge in [0.05, 0.1) is 16.0 Å². The number of nitro benzene ring substituents is 1. The van der Waals surface area contributed by atoms with Crippen molar-refractivity contribution in [3.05, 3.63) is 81.3 Å². The second-order valence-electron chi connectivity index (χ2n) is 6.21. The lowest BCUT2D eigenvalue weighted by Gasteiger charge is -2.07. The first kappa shape index (κ1) is 18.7. The van der Waals surface area contributed by atoms with E-state index in [1.807, 2.05) is 30.5 Å². The summed E-state index contributed by atoms with van der Waals surface area (Å²) in [6, 6.07) is 15.0. The molecule has 0 spiro atoms. The highest BCUT2D eigenvalue weighted by Gasteiger charge is 2.19. The van der Waals surface area contributed by atoms with Crippen LogP contribution in [-0.2, 0) is 0 Å². The minimum Gasteiger partial charge on any atom is -0.506 e. The number of fused-ring (bicyclic) bond motifs is 1. The fourth-order valence-electron chi connectivity index (χ4n) is 3.01. The molecule has 2 aromatic carbocycles. The Bertz CT molecular complexity index is 1280. The minimum atomic E-state index is -0.770. The Morgan fingerprint density at radius 2 is 1.79 bits per heavy atom. The molecule has 0 amide bonds. The highest BCUT2D eigenvalue weighted by molar-refractivity contribution is 7.98. The molecule has 4 aromatic rings. The van der Waals surface area contributed by atoms with Gasteiger partial charge in [-0.25, -0.2) is 4.79 Å². The molecule has 2 heterocycles. The zero-order chi connectivity index (χ0) is 20.5. The number of aromatic hydroxyl groups is 1. The first-order valence-corrected chi connectivity index (χ1v) is 9.75. The Labute approximate surface area is 168 Å². The van der Waals surface area contributed by atoms with Crippen LogP contribution in [0, 0.1) is 10.1 Å². The maximum atomic E-state index is 12.4. The van der Waals surface area contributed by atoms with Gasteiger partial charge in [0.2, 0.25) is 0 Å². The summed E-state index contributed by atoms with van der Waals surface area (Å²) < 4.78 is 5.22. The van der Waals surface area contributed by atoms with E-state index in [1.165, 1.54) is 18.2 Å². The second-order valence-corrected chi connectivity index (χ2v) is 7.09. The van der Waals surface area contributed by atoms with Crippen LogP contribution in [0.15, 0.2) is 74.9 Å². The van der Waals surface area contributed by atoms with Crippen LogP contribution in [0.2, 0.25) is 0 Å². The van der Waals surface area contributed by atoms with E-state index in [4.69, 9.17) is 4.42 Å². The smallest absolute Gasteiger partial charge is 0.349 e. The molecule has 0 unspecified atom stereocenters. The van der Waals surface area contributed by atoms with E-state index < -0.39 is 16.3 Å². The van der Waals surface area contributed by atoms with Crippen LogP contribution in [0.5, 0.6) is 5.75 Å². The Balaban J connectivity index is 1.79. The highest BCUT2D eigenvalue weighted by atomic mass is 32.2. The van der Waals surface area contributed by atoms with Crippen LogP contribution < -0.4 is 5.63 Å². The SMILES string of the molecule is CSc1ccc(-c2ccc(-c3c(O)c4cc([N+](=O)[O-])ccc4oc3=O)nc2)cc1. The molecular formula is C21H14N2O5S. The van der Waals surface area contributed by atoms with E-state index in [1.54, 1.807) is 30.1 Å². The Kier molecular flexibility index (Phi) is 4.77. The van der Waals surface area contributed by atoms with Crippen LogP contribution in [0.4, 0.5) is 5.69 Å². The fourth-order valence-corrected chi connectivity index (χ4v) is 3.42. The summed E-state index contributed by atoms with van der Waals surface area (Å²) in [5.41, 5.74) is 0.968. The third-order valence-corrected chi connectivity index (χ3v) is 5.26. The standard InChI is InChI=1S/C21H14N2O5S/c1-29-15-6-2-12(3-7-15)13-4-8-17(22-11-13)19-20(24)16-10-14(23(26)27)5-9-18(16)28-21(19)25/h2-11,24H,1H3. The summed E-state index contributed by atoms with van der Waals surface area (Å²) in [5.74, 6) is -0.399. The summed E-state index contributed by atoms with van der Waals surface area (Å²) in [7, 11) is 0. The number of aromatic nitrogens is 1. The first-order valence-electron chi connectivity index (χ1n) is 8.53. The third-order valence-electron chi connectivity index (χ3n) is 4.52. The van der Waals surface area contributed by atoms with Gasteiger partial charge in [-0.1, -0.05) is 18.2 Å². The lowest BCUT2D eigenvalue weighted by molar-refractivity contribution is -0.384. The van der Waals surface area contributed by atoms with Crippen molar-refractivity contribution in [2.24, 2.45) is 0 Å². The monoisotopic (exact) mass is 406 g/mol. The van der Waals surface area contributed by atoms with Gasteiger partial charge in [-0.15, -0.1) is 11.8 Å². The quantitative estimate of drug-likeness (QED) is 0.223. The number of rotatable bonds is 4. The number of nitro groups is 1. The number of pyridine rings is 1. The normalized spacial score (nSPS) is 10.9. The highest BCUT2D eigenvalue weighted by Crippen LogP contribution is 2.34. The molecule has 0 saturated heterocycles. The first-order chi connectivity index (χ1) is 14.0. The zero-order valence-corrected chi connectivity index (χ0v) is 16.0. The summed E-state index contributed by atoms with van der Waals surface area (Å²) >= 11 is 1.65. The molecule has 4 rings (SSSR count). The van der Waals surface area contributed by atoms with Crippen molar-refractivity contribution in [2.75, 3.05) is 6.26 Å². The number of hydrogen-bond donors (Lipinski definition) is 1. The van der Waals surface area contributed by atoms with Gasteiger partial charge >= 0.3 is 5.63 Å². The Morgan fingerprint density at radius 3 is 2.41 bits per heavy atom. The van der Waals surface area contributed by atoms with E-state index in [0.717, 1.165) is 16.0 Å². The van der Waals surface area contributed by atoms with Crippen LogP contribution in [0.1, 0.15) is 0 Å². The molecule has 0 aliphatic rings. The Morgan fingerprint density at radius 1 is 1.07 bits per heavy atom.